The monoisotopic (exact) mass is 484 g/mol. The highest BCUT2D eigenvalue weighted by Crippen LogP contribution is 2.19. The van der Waals surface area contributed by atoms with E-state index in [0.717, 1.165) is 9.99 Å². The van der Waals surface area contributed by atoms with Crippen molar-refractivity contribution in [3.63, 3.8) is 0 Å². The van der Waals surface area contributed by atoms with E-state index in [4.69, 9.17) is 17.0 Å². The van der Waals surface area contributed by atoms with Crippen molar-refractivity contribution in [1.82, 2.24) is 5.32 Å². The van der Waals surface area contributed by atoms with Crippen LogP contribution in [0, 0.1) is 3.57 Å². The summed E-state index contributed by atoms with van der Waals surface area (Å²) in [4.78, 5) is 23.6. The Morgan fingerprint density at radius 3 is 2.50 bits per heavy atom. The van der Waals surface area contributed by atoms with Gasteiger partial charge in [0.1, 0.15) is 5.75 Å². The van der Waals surface area contributed by atoms with Crippen LogP contribution in [0.4, 0.5) is 5.69 Å². The minimum atomic E-state index is -1.08. The molecule has 0 radical (unpaired) electrons. The van der Waals surface area contributed by atoms with E-state index in [1.54, 1.807) is 36.4 Å². The number of hydrogen-bond acceptors (Lipinski definition) is 4. The van der Waals surface area contributed by atoms with Crippen molar-refractivity contribution in [3.8, 4) is 5.75 Å². The molecule has 0 heterocycles. The molecule has 2 aromatic rings. The fraction of sp³-hybridized carbons (Fsp3) is 0.167. The lowest BCUT2D eigenvalue weighted by Crippen LogP contribution is -2.34. The minimum Gasteiger partial charge on any atom is -0.494 e. The topological polar surface area (TPSA) is 87.7 Å². The Hall–Kier alpha value is -2.20. The molecule has 3 N–H and O–H groups in total. The fourth-order valence-corrected chi connectivity index (χ4v) is 2.75. The molecule has 0 aliphatic carbocycles. The number of carbonyl (C=O) groups excluding carboxylic acids is 1. The quantitative estimate of drug-likeness (QED) is 0.426. The molecule has 0 aliphatic heterocycles. The summed E-state index contributed by atoms with van der Waals surface area (Å²) >= 11 is 7.14. The molecule has 26 heavy (non-hydrogen) atoms. The highest BCUT2D eigenvalue weighted by Gasteiger charge is 2.13. The largest absolute Gasteiger partial charge is 0.494 e. The predicted octanol–water partition coefficient (Wildman–Crippen LogP) is 3.91. The molecular weight excluding hydrogens is 467 g/mol. The molecule has 0 fully saturated rings. The zero-order chi connectivity index (χ0) is 19.1. The first-order valence-electron chi connectivity index (χ1n) is 7.78. The van der Waals surface area contributed by atoms with Gasteiger partial charge in [-0.15, -0.1) is 0 Å². The lowest BCUT2D eigenvalue weighted by Gasteiger charge is -2.12. The first-order chi connectivity index (χ1) is 12.4. The van der Waals surface area contributed by atoms with E-state index in [2.05, 4.69) is 10.6 Å². The molecule has 0 bridgehead atoms. The number of carbonyl (C=O) groups is 2. The van der Waals surface area contributed by atoms with Gasteiger partial charge in [-0.1, -0.05) is 6.92 Å². The maximum atomic E-state index is 12.2. The summed E-state index contributed by atoms with van der Waals surface area (Å²) in [5, 5.41) is 14.6. The van der Waals surface area contributed by atoms with Crippen molar-refractivity contribution < 1.29 is 19.4 Å². The van der Waals surface area contributed by atoms with Crippen molar-refractivity contribution in [1.29, 1.82) is 0 Å². The highest BCUT2D eigenvalue weighted by molar-refractivity contribution is 14.1. The third-order valence-electron chi connectivity index (χ3n) is 3.28. The first kappa shape index (κ1) is 20.1. The van der Waals surface area contributed by atoms with Crippen LogP contribution in [-0.4, -0.2) is 28.7 Å². The summed E-state index contributed by atoms with van der Waals surface area (Å²) in [6.07, 6.45) is 0.902. The number of carboxylic acids is 1. The van der Waals surface area contributed by atoms with Crippen molar-refractivity contribution in [2.24, 2.45) is 0 Å². The van der Waals surface area contributed by atoms with E-state index in [1.807, 2.05) is 29.5 Å². The predicted molar refractivity (Wildman–Crippen MR) is 112 cm³/mol. The van der Waals surface area contributed by atoms with Crippen molar-refractivity contribution in [3.05, 3.63) is 57.2 Å². The summed E-state index contributed by atoms with van der Waals surface area (Å²) in [5.74, 6) is -0.788. The van der Waals surface area contributed by atoms with Gasteiger partial charge in [0.05, 0.1) is 17.9 Å². The lowest BCUT2D eigenvalue weighted by molar-refractivity contribution is 0.0697. The number of thiocarbonyl (C=S) groups is 1. The van der Waals surface area contributed by atoms with Crippen LogP contribution < -0.4 is 15.4 Å². The van der Waals surface area contributed by atoms with Gasteiger partial charge in [-0.05, 0) is 83.7 Å². The van der Waals surface area contributed by atoms with Gasteiger partial charge in [-0.25, -0.2) is 4.79 Å². The number of carboxylic acid groups (broad SMARTS) is 1. The van der Waals surface area contributed by atoms with Crippen LogP contribution in [0.2, 0.25) is 0 Å². The number of nitrogens with one attached hydrogen (secondary N) is 2. The number of ether oxygens (including phenoxy) is 1. The van der Waals surface area contributed by atoms with Crippen molar-refractivity contribution >= 4 is 57.5 Å². The van der Waals surface area contributed by atoms with Crippen molar-refractivity contribution in [2.75, 3.05) is 11.9 Å². The van der Waals surface area contributed by atoms with Crippen LogP contribution >= 0.6 is 34.8 Å². The van der Waals surface area contributed by atoms with Crippen LogP contribution in [0.5, 0.6) is 5.75 Å². The third kappa shape index (κ3) is 5.67. The number of anilines is 1. The van der Waals surface area contributed by atoms with Gasteiger partial charge >= 0.3 is 5.97 Å². The first-order valence-corrected chi connectivity index (χ1v) is 9.27. The zero-order valence-electron chi connectivity index (χ0n) is 13.9. The number of rotatable bonds is 6. The Morgan fingerprint density at radius 2 is 1.88 bits per heavy atom. The van der Waals surface area contributed by atoms with Crippen molar-refractivity contribution in [2.45, 2.75) is 13.3 Å². The van der Waals surface area contributed by atoms with E-state index in [-0.39, 0.29) is 10.7 Å². The smallest absolute Gasteiger partial charge is 0.337 e. The summed E-state index contributed by atoms with van der Waals surface area (Å²) in [6.45, 7) is 2.63. The number of aromatic carboxylic acids is 1. The molecule has 2 rings (SSSR count). The summed E-state index contributed by atoms with van der Waals surface area (Å²) in [7, 11) is 0. The van der Waals surface area contributed by atoms with E-state index in [9.17, 15) is 14.7 Å². The average Bonchev–Trinajstić information content (AvgIpc) is 2.61. The Bertz CT molecular complexity index is 824. The maximum absolute atomic E-state index is 12.2. The average molecular weight is 484 g/mol. The van der Waals surface area contributed by atoms with Crippen LogP contribution in [0.3, 0.4) is 0 Å². The molecule has 8 heteroatoms. The van der Waals surface area contributed by atoms with E-state index < -0.39 is 11.9 Å². The van der Waals surface area contributed by atoms with Crippen LogP contribution in [0.15, 0.2) is 42.5 Å². The molecule has 6 nitrogen and oxygen atoms in total. The molecular formula is C18H17IN2O4S. The third-order valence-corrected chi connectivity index (χ3v) is 4.15. The Labute approximate surface area is 170 Å². The van der Waals surface area contributed by atoms with Gasteiger partial charge in [0.15, 0.2) is 5.11 Å². The molecule has 1 amide bonds. The SMILES string of the molecule is CCCOc1ccc(C(=O)NC(=S)Nc2ccc(I)cc2C(=O)O)cc1. The summed E-state index contributed by atoms with van der Waals surface area (Å²) in [5.41, 5.74) is 0.802. The van der Waals surface area contributed by atoms with Crippen LogP contribution in [-0.2, 0) is 0 Å². The Balaban J connectivity index is 2.01. The van der Waals surface area contributed by atoms with Gasteiger partial charge < -0.3 is 15.2 Å². The Morgan fingerprint density at radius 1 is 1.19 bits per heavy atom. The normalized spacial score (nSPS) is 10.1. The Kier molecular flexibility index (Phi) is 7.34. The van der Waals surface area contributed by atoms with E-state index >= 15 is 0 Å². The molecule has 0 saturated heterocycles. The minimum absolute atomic E-state index is 0.0185. The molecule has 2 aromatic carbocycles. The van der Waals surface area contributed by atoms with Gasteiger partial charge in [-0.3, -0.25) is 10.1 Å². The second-order valence-electron chi connectivity index (χ2n) is 5.28. The zero-order valence-corrected chi connectivity index (χ0v) is 16.9. The second kappa shape index (κ2) is 9.48. The van der Waals surface area contributed by atoms with Gasteiger partial charge in [0.2, 0.25) is 0 Å². The lowest BCUT2D eigenvalue weighted by atomic mass is 10.2. The highest BCUT2D eigenvalue weighted by atomic mass is 127. The molecule has 0 saturated carbocycles. The van der Waals surface area contributed by atoms with Gasteiger partial charge in [0, 0.05) is 9.13 Å². The molecule has 0 unspecified atom stereocenters. The number of halogens is 1. The van der Waals surface area contributed by atoms with Gasteiger partial charge in [0.25, 0.3) is 5.91 Å². The standard InChI is InChI=1S/C18H17IN2O4S/c1-2-9-25-13-6-3-11(4-7-13)16(22)21-18(26)20-15-8-5-12(19)10-14(15)17(23)24/h3-8,10H,2,9H2,1H3,(H,23,24)(H2,20,21,22,26). The van der Waals surface area contributed by atoms with Crippen LogP contribution in [0.1, 0.15) is 34.1 Å². The number of benzene rings is 2. The summed E-state index contributed by atoms with van der Waals surface area (Å²) in [6, 6.07) is 11.6. The molecule has 0 spiro atoms. The number of hydrogen-bond donors (Lipinski definition) is 3. The molecule has 0 aromatic heterocycles. The van der Waals surface area contributed by atoms with E-state index in [1.165, 1.54) is 6.07 Å². The molecule has 136 valence electrons. The molecule has 0 aliphatic rings. The van der Waals surface area contributed by atoms with Crippen LogP contribution in [0.25, 0.3) is 0 Å². The second-order valence-corrected chi connectivity index (χ2v) is 6.93. The van der Waals surface area contributed by atoms with E-state index in [0.29, 0.717) is 23.6 Å². The number of amides is 1. The maximum Gasteiger partial charge on any atom is 0.337 e. The molecule has 0 atom stereocenters. The van der Waals surface area contributed by atoms with Gasteiger partial charge in [-0.2, -0.15) is 0 Å². The summed E-state index contributed by atoms with van der Waals surface area (Å²) < 4.78 is 6.25. The fourth-order valence-electron chi connectivity index (χ4n) is 2.05.